The first-order chi connectivity index (χ1) is 9.70. The second kappa shape index (κ2) is 8.28. The summed E-state index contributed by atoms with van der Waals surface area (Å²) in [6, 6.07) is 2.92. The zero-order valence-corrected chi connectivity index (χ0v) is 15.6. The highest BCUT2D eigenvalue weighted by Crippen LogP contribution is 2.32. The zero-order valence-electron chi connectivity index (χ0n) is 13.1. The molecule has 6 nitrogen and oxygen atoms in total. The maximum absolute atomic E-state index is 12.3. The maximum atomic E-state index is 12.3. The molecule has 1 saturated carbocycles. The second-order valence-electron chi connectivity index (χ2n) is 5.95. The molecule has 1 aromatic heterocycles. The molecule has 1 aromatic rings. The molecule has 0 bridgehead atoms. The molecule has 1 amide bonds. The number of rotatable bonds is 3. The molecule has 23 heavy (non-hydrogen) atoms. The molecule has 1 heterocycles. The molecule has 2 atom stereocenters. The minimum absolute atomic E-state index is 0. The van der Waals surface area contributed by atoms with Crippen molar-refractivity contribution < 1.29 is 13.2 Å². The Hall–Kier alpha value is -0.890. The highest BCUT2D eigenvalue weighted by atomic mass is 35.5. The van der Waals surface area contributed by atoms with E-state index in [4.69, 9.17) is 5.73 Å². The van der Waals surface area contributed by atoms with E-state index in [9.17, 15) is 13.2 Å². The van der Waals surface area contributed by atoms with Gasteiger partial charge in [0.25, 0.3) is 0 Å². The molecule has 0 saturated heterocycles. The minimum Gasteiger partial charge on any atom is -0.325 e. The van der Waals surface area contributed by atoms with Crippen LogP contribution in [0.15, 0.2) is 23.4 Å². The molecule has 2 rings (SSSR count). The van der Waals surface area contributed by atoms with Crippen LogP contribution in [0.5, 0.6) is 0 Å². The fourth-order valence-corrected chi connectivity index (χ4v) is 3.25. The summed E-state index contributed by atoms with van der Waals surface area (Å²) >= 11 is 0. The summed E-state index contributed by atoms with van der Waals surface area (Å²) < 4.78 is 22.7. The van der Waals surface area contributed by atoms with Gasteiger partial charge in [0.05, 0.1) is 17.8 Å². The number of aromatic nitrogens is 1. The van der Waals surface area contributed by atoms with Crippen LogP contribution in [0.1, 0.15) is 32.6 Å². The normalized spacial score (nSPS) is 24.0. The van der Waals surface area contributed by atoms with E-state index in [1.165, 1.54) is 18.3 Å². The van der Waals surface area contributed by atoms with Crippen LogP contribution in [0.3, 0.4) is 0 Å². The molecule has 9 heteroatoms. The van der Waals surface area contributed by atoms with Gasteiger partial charge in [-0.25, -0.2) is 13.4 Å². The topological polar surface area (TPSA) is 102 Å². The Labute approximate surface area is 149 Å². The fraction of sp³-hybridized carbons (Fsp3) is 0.571. The molecule has 2 unspecified atom stereocenters. The van der Waals surface area contributed by atoms with Crippen molar-refractivity contribution in [1.29, 1.82) is 0 Å². The summed E-state index contributed by atoms with van der Waals surface area (Å²) in [6.07, 6.45) is 6.09. The van der Waals surface area contributed by atoms with E-state index in [0.29, 0.717) is 5.69 Å². The number of hydrogen-bond donors (Lipinski definition) is 2. The lowest BCUT2D eigenvalue weighted by Gasteiger charge is -2.37. The molecule has 0 aliphatic heterocycles. The lowest BCUT2D eigenvalue weighted by atomic mass is 9.74. The number of amides is 1. The lowest BCUT2D eigenvalue weighted by Crippen LogP contribution is -2.51. The summed E-state index contributed by atoms with van der Waals surface area (Å²) in [4.78, 5) is 16.2. The number of anilines is 1. The first kappa shape index (κ1) is 22.1. The van der Waals surface area contributed by atoms with E-state index in [1.807, 2.05) is 6.92 Å². The van der Waals surface area contributed by atoms with Crippen molar-refractivity contribution in [2.75, 3.05) is 11.6 Å². The third kappa shape index (κ3) is 5.60. The van der Waals surface area contributed by atoms with Crippen LogP contribution >= 0.6 is 24.8 Å². The van der Waals surface area contributed by atoms with Gasteiger partial charge in [-0.15, -0.1) is 24.8 Å². The van der Waals surface area contributed by atoms with Gasteiger partial charge in [-0.05, 0) is 31.9 Å². The molecular formula is C14H23Cl2N3O3S. The molecular weight excluding hydrogens is 361 g/mol. The first-order valence-electron chi connectivity index (χ1n) is 6.96. The highest BCUT2D eigenvalue weighted by Gasteiger charge is 2.37. The number of carbonyl (C=O) groups is 1. The lowest BCUT2D eigenvalue weighted by molar-refractivity contribution is -0.122. The van der Waals surface area contributed by atoms with Crippen molar-refractivity contribution in [2.24, 2.45) is 11.7 Å². The standard InChI is InChI=1S/C14H21N3O3S.2ClH/c1-14(15)8-4-3-5-11(14)13(18)17-10-6-7-12(16-9-10)21(2,19)20;;/h6-7,9,11H,3-5,8,15H2,1-2H3,(H,17,18);2*1H. The van der Waals surface area contributed by atoms with E-state index in [0.717, 1.165) is 31.9 Å². The van der Waals surface area contributed by atoms with Gasteiger partial charge in [0.15, 0.2) is 14.9 Å². The minimum atomic E-state index is -3.33. The van der Waals surface area contributed by atoms with Crippen LogP contribution in [-0.2, 0) is 14.6 Å². The van der Waals surface area contributed by atoms with Gasteiger partial charge >= 0.3 is 0 Å². The van der Waals surface area contributed by atoms with E-state index in [1.54, 1.807) is 0 Å². The van der Waals surface area contributed by atoms with E-state index >= 15 is 0 Å². The molecule has 1 aliphatic rings. The van der Waals surface area contributed by atoms with Gasteiger partial charge in [0, 0.05) is 11.8 Å². The van der Waals surface area contributed by atoms with Crippen molar-refractivity contribution in [3.05, 3.63) is 18.3 Å². The average molecular weight is 384 g/mol. The number of nitrogens with one attached hydrogen (secondary N) is 1. The maximum Gasteiger partial charge on any atom is 0.229 e. The Bertz CT molecular complexity index is 633. The largest absolute Gasteiger partial charge is 0.325 e. The van der Waals surface area contributed by atoms with E-state index in [2.05, 4.69) is 10.3 Å². The van der Waals surface area contributed by atoms with Gasteiger partial charge in [-0.1, -0.05) is 12.8 Å². The Morgan fingerprint density at radius 3 is 2.48 bits per heavy atom. The van der Waals surface area contributed by atoms with Crippen molar-refractivity contribution in [3.8, 4) is 0 Å². The quantitative estimate of drug-likeness (QED) is 0.832. The number of halogens is 2. The third-order valence-electron chi connectivity index (χ3n) is 3.95. The average Bonchev–Trinajstić information content (AvgIpc) is 2.37. The number of hydrogen-bond acceptors (Lipinski definition) is 5. The Morgan fingerprint density at radius 2 is 2.00 bits per heavy atom. The summed E-state index contributed by atoms with van der Waals surface area (Å²) in [6.45, 7) is 1.90. The Balaban J connectivity index is 0.00000242. The van der Waals surface area contributed by atoms with Gasteiger partial charge in [-0.3, -0.25) is 4.79 Å². The summed E-state index contributed by atoms with van der Waals surface area (Å²) in [7, 11) is -3.33. The van der Waals surface area contributed by atoms with Gasteiger partial charge in [-0.2, -0.15) is 0 Å². The molecule has 0 aromatic carbocycles. The van der Waals surface area contributed by atoms with E-state index in [-0.39, 0.29) is 41.7 Å². The molecule has 0 spiro atoms. The molecule has 1 fully saturated rings. The zero-order chi connectivity index (χ0) is 15.7. The van der Waals surface area contributed by atoms with E-state index < -0.39 is 15.4 Å². The number of carbonyl (C=O) groups excluding carboxylic acids is 1. The van der Waals surface area contributed by atoms with Crippen molar-refractivity contribution in [3.63, 3.8) is 0 Å². The van der Waals surface area contributed by atoms with Crippen LogP contribution in [-0.4, -0.2) is 31.1 Å². The molecule has 1 aliphatic carbocycles. The fourth-order valence-electron chi connectivity index (χ4n) is 2.69. The van der Waals surface area contributed by atoms with Crippen LogP contribution in [0, 0.1) is 5.92 Å². The summed E-state index contributed by atoms with van der Waals surface area (Å²) in [5.74, 6) is -0.366. The number of nitrogens with two attached hydrogens (primary N) is 1. The highest BCUT2D eigenvalue weighted by molar-refractivity contribution is 7.90. The SMILES string of the molecule is CC1(N)CCCCC1C(=O)Nc1ccc(S(C)(=O)=O)nc1.Cl.Cl. The predicted octanol–water partition coefficient (Wildman–Crippen LogP) is 2.17. The Kier molecular flexibility index (Phi) is 7.96. The number of sulfone groups is 1. The van der Waals surface area contributed by atoms with Crippen molar-refractivity contribution >= 4 is 46.2 Å². The van der Waals surface area contributed by atoms with Crippen LogP contribution in [0.4, 0.5) is 5.69 Å². The van der Waals surface area contributed by atoms with Crippen LogP contribution < -0.4 is 11.1 Å². The van der Waals surface area contributed by atoms with Crippen LogP contribution in [0.2, 0.25) is 0 Å². The monoisotopic (exact) mass is 383 g/mol. The molecule has 3 N–H and O–H groups in total. The van der Waals surface area contributed by atoms with Crippen LogP contribution in [0.25, 0.3) is 0 Å². The smallest absolute Gasteiger partial charge is 0.229 e. The van der Waals surface area contributed by atoms with Gasteiger partial charge in [0.1, 0.15) is 0 Å². The summed E-state index contributed by atoms with van der Waals surface area (Å²) in [5.41, 5.74) is 6.18. The predicted molar refractivity (Wildman–Crippen MR) is 95.0 cm³/mol. The third-order valence-corrected chi connectivity index (χ3v) is 4.96. The number of pyridine rings is 1. The Morgan fingerprint density at radius 1 is 1.35 bits per heavy atom. The molecule has 132 valence electrons. The molecule has 0 radical (unpaired) electrons. The second-order valence-corrected chi connectivity index (χ2v) is 7.91. The van der Waals surface area contributed by atoms with Crippen molar-refractivity contribution in [1.82, 2.24) is 4.98 Å². The first-order valence-corrected chi connectivity index (χ1v) is 8.85. The van der Waals surface area contributed by atoms with Gasteiger partial charge in [0.2, 0.25) is 5.91 Å². The number of nitrogens with zero attached hydrogens (tertiary/aromatic N) is 1. The van der Waals surface area contributed by atoms with Gasteiger partial charge < -0.3 is 11.1 Å². The summed E-state index contributed by atoms with van der Waals surface area (Å²) in [5, 5.41) is 2.76. The van der Waals surface area contributed by atoms with Crippen molar-refractivity contribution in [2.45, 2.75) is 43.2 Å².